The van der Waals surface area contributed by atoms with Crippen LogP contribution in [-0.2, 0) is 0 Å². The number of carbonyl (C=O) groups is 1. The highest BCUT2D eigenvalue weighted by Crippen LogP contribution is 2.39. The van der Waals surface area contributed by atoms with Crippen LogP contribution in [0.1, 0.15) is 30.6 Å². The minimum Gasteiger partial charge on any atom is -0.408 e. The summed E-state index contributed by atoms with van der Waals surface area (Å²) in [4.78, 5) is 14.4. The molecule has 0 fully saturated rings. The highest BCUT2D eigenvalue weighted by molar-refractivity contribution is 7.20. The largest absolute Gasteiger partial charge is 0.414 e. The number of thiophene rings is 1. The molecule has 23 heavy (non-hydrogen) atoms. The summed E-state index contributed by atoms with van der Waals surface area (Å²) in [5, 5.41) is 0.991. The number of hydrogen-bond donors (Lipinski definition) is 0. The van der Waals surface area contributed by atoms with Crippen molar-refractivity contribution in [2.24, 2.45) is 0 Å². The van der Waals surface area contributed by atoms with Gasteiger partial charge in [0, 0.05) is 24.2 Å². The van der Waals surface area contributed by atoms with Crippen LogP contribution >= 0.6 is 11.3 Å². The zero-order valence-corrected chi connectivity index (χ0v) is 14.4. The molecule has 0 N–H and O–H groups in total. The summed E-state index contributed by atoms with van der Waals surface area (Å²) < 4.78 is 6.76. The molecule has 0 saturated carbocycles. The van der Waals surface area contributed by atoms with E-state index < -0.39 is 0 Å². The molecular weight excluding hydrogens is 306 g/mol. The van der Waals surface area contributed by atoms with Crippen molar-refractivity contribution in [3.8, 4) is 5.75 Å². The summed E-state index contributed by atoms with van der Waals surface area (Å²) in [7, 11) is 3.39. The van der Waals surface area contributed by atoms with Crippen LogP contribution in [0.15, 0.2) is 42.0 Å². The fraction of sp³-hybridized carbons (Fsp3) is 0.316. The molecule has 4 heteroatoms. The van der Waals surface area contributed by atoms with Gasteiger partial charge in [-0.1, -0.05) is 29.9 Å². The second kappa shape index (κ2) is 7.01. The first-order valence-corrected chi connectivity index (χ1v) is 8.74. The van der Waals surface area contributed by atoms with E-state index >= 15 is 0 Å². The van der Waals surface area contributed by atoms with Crippen LogP contribution in [0.4, 0.5) is 4.79 Å². The van der Waals surface area contributed by atoms with Crippen molar-refractivity contribution in [2.45, 2.75) is 25.7 Å². The Kier molecular flexibility index (Phi) is 4.82. The van der Waals surface area contributed by atoms with Crippen molar-refractivity contribution in [3.05, 3.63) is 46.9 Å². The van der Waals surface area contributed by atoms with Crippen LogP contribution < -0.4 is 4.74 Å². The van der Waals surface area contributed by atoms with E-state index in [4.69, 9.17) is 4.74 Å². The number of carbonyl (C=O) groups excluding carboxylic acids is 1. The maximum absolute atomic E-state index is 12.0. The minimum atomic E-state index is -0.347. The van der Waals surface area contributed by atoms with Gasteiger partial charge in [0.1, 0.15) is 0 Å². The average Bonchev–Trinajstić information content (AvgIpc) is 2.91. The quantitative estimate of drug-likeness (QED) is 0.747. The van der Waals surface area contributed by atoms with Crippen LogP contribution in [0.2, 0.25) is 0 Å². The molecule has 0 spiro atoms. The SMILES string of the molecule is CN(C)C(=O)Oc1c(C=CC2=CCCCC2)sc2ccccc12. The standard InChI is InChI=1S/C19H21NO2S/c1-20(2)19(21)22-18-15-10-6-7-11-16(15)23-17(18)13-12-14-8-4-3-5-9-14/h6-8,10-13H,3-5,9H2,1-2H3. The maximum Gasteiger partial charge on any atom is 0.414 e. The van der Waals surface area contributed by atoms with Crippen molar-refractivity contribution in [1.82, 2.24) is 4.90 Å². The highest BCUT2D eigenvalue weighted by Gasteiger charge is 2.16. The zero-order chi connectivity index (χ0) is 16.2. The minimum absolute atomic E-state index is 0.347. The maximum atomic E-state index is 12.0. The van der Waals surface area contributed by atoms with Gasteiger partial charge in [-0.2, -0.15) is 0 Å². The number of fused-ring (bicyclic) bond motifs is 1. The Balaban J connectivity index is 1.96. The Bertz CT molecular complexity index is 771. The van der Waals surface area contributed by atoms with Gasteiger partial charge in [0.25, 0.3) is 0 Å². The van der Waals surface area contributed by atoms with Gasteiger partial charge in [0.15, 0.2) is 5.75 Å². The molecule has 3 nitrogen and oxygen atoms in total. The van der Waals surface area contributed by atoms with Crippen LogP contribution in [0.3, 0.4) is 0 Å². The predicted molar refractivity (Wildman–Crippen MR) is 97.1 cm³/mol. The second-order valence-corrected chi connectivity index (χ2v) is 7.00. The summed E-state index contributed by atoms with van der Waals surface area (Å²) in [6.07, 6.45) is 11.0. The Morgan fingerprint density at radius 2 is 2.04 bits per heavy atom. The van der Waals surface area contributed by atoms with Crippen LogP contribution in [0.5, 0.6) is 5.75 Å². The van der Waals surface area contributed by atoms with E-state index in [1.54, 1.807) is 25.4 Å². The molecule has 0 aliphatic heterocycles. The Hall–Kier alpha value is -2.07. The van der Waals surface area contributed by atoms with Crippen molar-refractivity contribution in [1.29, 1.82) is 0 Å². The molecule has 1 aliphatic rings. The first-order valence-electron chi connectivity index (χ1n) is 7.93. The Morgan fingerprint density at radius 3 is 2.78 bits per heavy atom. The summed E-state index contributed by atoms with van der Waals surface area (Å²) in [5.41, 5.74) is 1.37. The molecule has 0 saturated heterocycles. The number of amides is 1. The van der Waals surface area contributed by atoms with E-state index in [1.807, 2.05) is 18.2 Å². The lowest BCUT2D eigenvalue weighted by Crippen LogP contribution is -2.25. The zero-order valence-electron chi connectivity index (χ0n) is 13.5. The number of hydrogen-bond acceptors (Lipinski definition) is 3. The van der Waals surface area contributed by atoms with Gasteiger partial charge < -0.3 is 9.64 Å². The van der Waals surface area contributed by atoms with E-state index in [0.717, 1.165) is 27.8 Å². The van der Waals surface area contributed by atoms with E-state index in [-0.39, 0.29) is 6.09 Å². The third-order valence-electron chi connectivity index (χ3n) is 3.90. The van der Waals surface area contributed by atoms with Crippen molar-refractivity contribution in [3.63, 3.8) is 0 Å². The molecule has 2 aromatic rings. The number of nitrogens with zero attached hydrogens (tertiary/aromatic N) is 1. The predicted octanol–water partition coefficient (Wildman–Crippen LogP) is 5.48. The lowest BCUT2D eigenvalue weighted by Gasteiger charge is -2.11. The molecule has 1 aromatic heterocycles. The number of benzene rings is 1. The molecule has 120 valence electrons. The van der Waals surface area contributed by atoms with Gasteiger partial charge in [0.05, 0.1) is 4.88 Å². The molecule has 1 heterocycles. The average molecular weight is 327 g/mol. The lowest BCUT2D eigenvalue weighted by molar-refractivity contribution is 0.172. The monoisotopic (exact) mass is 327 g/mol. The molecule has 1 aromatic carbocycles. The topological polar surface area (TPSA) is 29.5 Å². The second-order valence-electron chi connectivity index (χ2n) is 5.91. The summed E-state index contributed by atoms with van der Waals surface area (Å²) in [5.74, 6) is 0.664. The Morgan fingerprint density at radius 1 is 1.22 bits per heavy atom. The third-order valence-corrected chi connectivity index (χ3v) is 5.02. The number of ether oxygens (including phenoxy) is 1. The molecule has 0 unspecified atom stereocenters. The smallest absolute Gasteiger partial charge is 0.408 e. The van der Waals surface area contributed by atoms with Crippen LogP contribution in [0, 0.1) is 0 Å². The van der Waals surface area contributed by atoms with Gasteiger partial charge in [0.2, 0.25) is 0 Å². The van der Waals surface area contributed by atoms with Gasteiger partial charge in [-0.25, -0.2) is 4.79 Å². The lowest BCUT2D eigenvalue weighted by atomic mass is 9.99. The van der Waals surface area contributed by atoms with Crippen LogP contribution in [-0.4, -0.2) is 25.1 Å². The third kappa shape index (κ3) is 3.64. The highest BCUT2D eigenvalue weighted by atomic mass is 32.1. The van der Waals surface area contributed by atoms with Gasteiger partial charge in [-0.05, 0) is 43.9 Å². The summed E-state index contributed by atoms with van der Waals surface area (Å²) >= 11 is 1.66. The molecule has 0 atom stereocenters. The van der Waals surface area contributed by atoms with Crippen molar-refractivity contribution >= 4 is 33.6 Å². The first-order chi connectivity index (χ1) is 11.1. The van der Waals surface area contributed by atoms with E-state index in [2.05, 4.69) is 24.3 Å². The van der Waals surface area contributed by atoms with Crippen molar-refractivity contribution in [2.75, 3.05) is 14.1 Å². The molecule has 0 radical (unpaired) electrons. The molecule has 1 amide bonds. The van der Waals surface area contributed by atoms with E-state index in [0.29, 0.717) is 5.75 Å². The van der Waals surface area contributed by atoms with Crippen molar-refractivity contribution < 1.29 is 9.53 Å². The molecule has 0 bridgehead atoms. The number of allylic oxidation sites excluding steroid dienone is 3. The molecule has 1 aliphatic carbocycles. The number of rotatable bonds is 3. The van der Waals surface area contributed by atoms with E-state index in [1.165, 1.54) is 23.3 Å². The van der Waals surface area contributed by atoms with Gasteiger partial charge in [-0.15, -0.1) is 11.3 Å². The molecular formula is C19H21NO2S. The van der Waals surface area contributed by atoms with Gasteiger partial charge in [-0.3, -0.25) is 0 Å². The molecule has 3 rings (SSSR count). The summed E-state index contributed by atoms with van der Waals surface area (Å²) in [6, 6.07) is 8.04. The fourth-order valence-electron chi connectivity index (χ4n) is 2.63. The van der Waals surface area contributed by atoms with Gasteiger partial charge >= 0.3 is 6.09 Å². The fourth-order valence-corrected chi connectivity index (χ4v) is 3.67. The van der Waals surface area contributed by atoms with E-state index in [9.17, 15) is 4.79 Å². The van der Waals surface area contributed by atoms with Crippen LogP contribution in [0.25, 0.3) is 16.2 Å². The summed E-state index contributed by atoms with van der Waals surface area (Å²) in [6.45, 7) is 0. The Labute approximate surface area is 140 Å². The normalized spacial score (nSPS) is 15.0. The first kappa shape index (κ1) is 15.8.